The fraction of sp³-hybridized carbons (Fsp3) is 0.375. The van der Waals surface area contributed by atoms with Crippen molar-refractivity contribution in [1.82, 2.24) is 19.6 Å². The zero-order chi connectivity index (χ0) is 9.97. The summed E-state index contributed by atoms with van der Waals surface area (Å²) in [4.78, 5) is 4.00. The molecule has 14 heavy (non-hydrogen) atoms. The van der Waals surface area contributed by atoms with E-state index in [0.717, 1.165) is 5.82 Å². The minimum atomic E-state index is -0.401. The summed E-state index contributed by atoms with van der Waals surface area (Å²) in [5.41, 5.74) is 0.681. The van der Waals surface area contributed by atoms with E-state index in [1.54, 1.807) is 30.0 Å². The molecule has 0 bridgehead atoms. The molecule has 0 aromatic carbocycles. The number of rotatable bonds is 3. The Kier molecular flexibility index (Phi) is 2.28. The lowest BCUT2D eigenvalue weighted by atomic mass is 10.4. The molecule has 0 spiro atoms. The maximum Gasteiger partial charge on any atom is 0.180 e. The summed E-state index contributed by atoms with van der Waals surface area (Å²) in [6.45, 7) is 2.19. The van der Waals surface area contributed by atoms with Crippen LogP contribution in [0.1, 0.15) is 6.92 Å². The van der Waals surface area contributed by atoms with E-state index < -0.39 is 6.10 Å². The maximum atomic E-state index is 9.11. The summed E-state index contributed by atoms with van der Waals surface area (Å²) in [6, 6.07) is 0. The van der Waals surface area contributed by atoms with Gasteiger partial charge in [0.15, 0.2) is 5.65 Å². The van der Waals surface area contributed by atoms with Crippen molar-refractivity contribution >= 4 is 11.5 Å². The second-order valence-corrected chi connectivity index (χ2v) is 3.08. The Hall–Kier alpha value is -1.69. The van der Waals surface area contributed by atoms with Gasteiger partial charge in [-0.15, -0.1) is 10.2 Å². The molecule has 0 saturated carbocycles. The van der Waals surface area contributed by atoms with Gasteiger partial charge in [0.05, 0.1) is 18.5 Å². The van der Waals surface area contributed by atoms with Gasteiger partial charge in [0, 0.05) is 6.54 Å². The number of hydrogen-bond donors (Lipinski definition) is 2. The van der Waals surface area contributed by atoms with Crippen LogP contribution in [0.3, 0.4) is 0 Å². The first-order chi connectivity index (χ1) is 6.77. The van der Waals surface area contributed by atoms with Crippen molar-refractivity contribution in [2.24, 2.45) is 0 Å². The Morgan fingerprint density at radius 2 is 2.43 bits per heavy atom. The molecule has 0 saturated heterocycles. The summed E-state index contributed by atoms with van der Waals surface area (Å²) < 4.78 is 1.77. The zero-order valence-electron chi connectivity index (χ0n) is 7.75. The monoisotopic (exact) mass is 193 g/mol. The molecule has 0 radical (unpaired) electrons. The van der Waals surface area contributed by atoms with Crippen molar-refractivity contribution in [2.45, 2.75) is 13.0 Å². The highest BCUT2D eigenvalue weighted by Crippen LogP contribution is 2.06. The van der Waals surface area contributed by atoms with Gasteiger partial charge in [-0.2, -0.15) is 0 Å². The molecule has 2 heterocycles. The first-order valence-electron chi connectivity index (χ1n) is 4.33. The highest BCUT2D eigenvalue weighted by molar-refractivity contribution is 5.45. The Morgan fingerprint density at radius 1 is 1.57 bits per heavy atom. The van der Waals surface area contributed by atoms with Crippen LogP contribution in [0.4, 0.5) is 5.82 Å². The predicted molar refractivity (Wildman–Crippen MR) is 51.0 cm³/mol. The number of aliphatic hydroxyl groups is 1. The molecule has 1 atom stereocenters. The molecule has 74 valence electrons. The van der Waals surface area contributed by atoms with Gasteiger partial charge in [0.2, 0.25) is 0 Å². The number of aliphatic hydroxyl groups excluding tert-OH is 1. The molecule has 0 amide bonds. The van der Waals surface area contributed by atoms with E-state index in [2.05, 4.69) is 20.5 Å². The Balaban J connectivity index is 2.27. The average molecular weight is 193 g/mol. The van der Waals surface area contributed by atoms with Crippen LogP contribution in [-0.4, -0.2) is 37.3 Å². The minimum absolute atomic E-state index is 0.401. The number of anilines is 1. The van der Waals surface area contributed by atoms with E-state index in [-0.39, 0.29) is 0 Å². The lowest BCUT2D eigenvalue weighted by Crippen LogP contribution is -2.16. The van der Waals surface area contributed by atoms with Crippen molar-refractivity contribution in [3.05, 3.63) is 18.7 Å². The third kappa shape index (κ3) is 1.64. The summed E-state index contributed by atoms with van der Waals surface area (Å²) in [6.07, 6.45) is 4.49. The maximum absolute atomic E-state index is 9.11. The third-order valence-electron chi connectivity index (χ3n) is 1.80. The van der Waals surface area contributed by atoms with Crippen molar-refractivity contribution in [3.8, 4) is 0 Å². The van der Waals surface area contributed by atoms with E-state index in [4.69, 9.17) is 5.11 Å². The van der Waals surface area contributed by atoms with Crippen LogP contribution in [0.15, 0.2) is 18.7 Å². The molecule has 2 N–H and O–H groups in total. The quantitative estimate of drug-likeness (QED) is 0.713. The van der Waals surface area contributed by atoms with Crippen LogP contribution in [-0.2, 0) is 0 Å². The van der Waals surface area contributed by atoms with Gasteiger partial charge in [-0.05, 0) is 6.92 Å². The SMILES string of the molecule is C[C@@H](O)CNc1cncc2nncn12. The zero-order valence-corrected chi connectivity index (χ0v) is 7.75. The molecular weight excluding hydrogens is 182 g/mol. The summed E-state index contributed by atoms with van der Waals surface area (Å²) in [7, 11) is 0. The summed E-state index contributed by atoms with van der Waals surface area (Å²) >= 11 is 0. The van der Waals surface area contributed by atoms with E-state index in [0.29, 0.717) is 12.2 Å². The Bertz CT molecular complexity index is 424. The van der Waals surface area contributed by atoms with Crippen LogP contribution >= 0.6 is 0 Å². The van der Waals surface area contributed by atoms with Crippen LogP contribution in [0, 0.1) is 0 Å². The van der Waals surface area contributed by atoms with Crippen molar-refractivity contribution in [2.75, 3.05) is 11.9 Å². The Labute approximate surface area is 80.6 Å². The number of nitrogens with one attached hydrogen (secondary N) is 1. The molecule has 0 aliphatic rings. The first-order valence-corrected chi connectivity index (χ1v) is 4.33. The number of nitrogens with zero attached hydrogens (tertiary/aromatic N) is 4. The fourth-order valence-electron chi connectivity index (χ4n) is 1.14. The minimum Gasteiger partial charge on any atom is -0.392 e. The molecule has 2 aromatic rings. The van der Waals surface area contributed by atoms with Gasteiger partial charge in [-0.25, -0.2) is 0 Å². The predicted octanol–water partition coefficient (Wildman–Crippen LogP) is -0.0830. The van der Waals surface area contributed by atoms with Gasteiger partial charge < -0.3 is 10.4 Å². The highest BCUT2D eigenvalue weighted by atomic mass is 16.3. The van der Waals surface area contributed by atoms with E-state index >= 15 is 0 Å². The normalized spacial score (nSPS) is 13.0. The number of hydrogen-bond acceptors (Lipinski definition) is 5. The van der Waals surface area contributed by atoms with E-state index in [9.17, 15) is 0 Å². The molecule has 2 aromatic heterocycles. The summed E-state index contributed by atoms with van der Waals surface area (Å²) in [5.74, 6) is 0.772. The molecule has 0 fully saturated rings. The van der Waals surface area contributed by atoms with Crippen LogP contribution in [0.5, 0.6) is 0 Å². The molecule has 2 rings (SSSR count). The largest absolute Gasteiger partial charge is 0.392 e. The van der Waals surface area contributed by atoms with Crippen molar-refractivity contribution in [1.29, 1.82) is 0 Å². The van der Waals surface area contributed by atoms with Crippen molar-refractivity contribution in [3.63, 3.8) is 0 Å². The summed E-state index contributed by atoms with van der Waals surface area (Å²) in [5, 5.41) is 19.8. The standard InChI is InChI=1S/C8H11N5O/c1-6(14)2-10-7-3-9-4-8-12-11-5-13(7)8/h3-6,10,14H,2H2,1H3/t6-/m1/s1. The molecule has 6 heteroatoms. The van der Waals surface area contributed by atoms with E-state index in [1.165, 1.54) is 0 Å². The molecular formula is C8H11N5O. The number of aromatic nitrogens is 4. The van der Waals surface area contributed by atoms with Crippen LogP contribution in [0.25, 0.3) is 5.65 Å². The van der Waals surface area contributed by atoms with Crippen molar-refractivity contribution < 1.29 is 5.11 Å². The lowest BCUT2D eigenvalue weighted by molar-refractivity contribution is 0.208. The van der Waals surface area contributed by atoms with Gasteiger partial charge in [0.1, 0.15) is 12.1 Å². The Morgan fingerprint density at radius 3 is 3.21 bits per heavy atom. The van der Waals surface area contributed by atoms with Gasteiger partial charge >= 0.3 is 0 Å². The van der Waals surface area contributed by atoms with Crippen LogP contribution in [0.2, 0.25) is 0 Å². The third-order valence-corrected chi connectivity index (χ3v) is 1.80. The van der Waals surface area contributed by atoms with Gasteiger partial charge in [-0.1, -0.05) is 0 Å². The fourth-order valence-corrected chi connectivity index (χ4v) is 1.14. The molecule has 6 nitrogen and oxygen atoms in total. The van der Waals surface area contributed by atoms with Gasteiger partial charge in [0.25, 0.3) is 0 Å². The lowest BCUT2D eigenvalue weighted by Gasteiger charge is -2.08. The smallest absolute Gasteiger partial charge is 0.180 e. The molecule has 0 aliphatic carbocycles. The molecule has 0 aliphatic heterocycles. The van der Waals surface area contributed by atoms with Gasteiger partial charge in [-0.3, -0.25) is 9.38 Å². The second-order valence-electron chi connectivity index (χ2n) is 3.08. The van der Waals surface area contributed by atoms with Crippen LogP contribution < -0.4 is 5.32 Å². The van der Waals surface area contributed by atoms with E-state index in [1.807, 2.05) is 0 Å². The topological polar surface area (TPSA) is 75.3 Å². The second kappa shape index (κ2) is 3.59. The average Bonchev–Trinajstić information content (AvgIpc) is 2.62. The first kappa shape index (κ1) is 8.89. The number of fused-ring (bicyclic) bond motifs is 1. The molecule has 0 unspecified atom stereocenters. The highest BCUT2D eigenvalue weighted by Gasteiger charge is 2.02.